The van der Waals surface area contributed by atoms with Gasteiger partial charge in [-0.15, -0.1) is 0 Å². The van der Waals surface area contributed by atoms with E-state index < -0.39 is 0 Å². The molecule has 396 valence electrons. The van der Waals surface area contributed by atoms with Gasteiger partial charge in [-0.2, -0.15) is 0 Å². The summed E-state index contributed by atoms with van der Waals surface area (Å²) in [5.74, 6) is 0. The van der Waals surface area contributed by atoms with E-state index in [2.05, 4.69) is 159 Å². The molecule has 75 heavy (non-hydrogen) atoms. The lowest BCUT2D eigenvalue weighted by Crippen LogP contribution is -2.22. The third-order valence-electron chi connectivity index (χ3n) is 15.4. The monoisotopic (exact) mass is 1010 g/mol. The summed E-state index contributed by atoms with van der Waals surface area (Å²) in [4.78, 5) is 4.71. The molecule has 0 aromatic heterocycles. The van der Waals surface area contributed by atoms with Crippen LogP contribution < -0.4 is 9.80 Å². The quantitative estimate of drug-likeness (QED) is 0.0738. The molecule has 4 aliphatic heterocycles. The van der Waals surface area contributed by atoms with Gasteiger partial charge < -0.3 is 47.7 Å². The fraction of sp³-hybridized carbons (Fsp3) is 0.446. The Morgan fingerprint density at radius 2 is 0.587 bits per heavy atom. The highest BCUT2D eigenvalue weighted by Gasteiger charge is 2.22. The fourth-order valence-corrected chi connectivity index (χ4v) is 10.7. The van der Waals surface area contributed by atoms with Crippen LogP contribution in [0.5, 0.6) is 0 Å². The van der Waals surface area contributed by atoms with Gasteiger partial charge in [-0.1, -0.05) is 48.5 Å². The van der Waals surface area contributed by atoms with Gasteiger partial charge in [-0.25, -0.2) is 0 Å². The molecule has 0 aliphatic carbocycles. The van der Waals surface area contributed by atoms with Crippen molar-refractivity contribution in [3.63, 3.8) is 0 Å². The molecule has 0 radical (unpaired) electrons. The number of hydrogen-bond acceptors (Lipinski definition) is 10. The SMILES string of the molecule is Cc1cc(N(c2ccc(Cc3ccc(N(c4ccc(COC5CCCCO5)c(C)c4)c4ccc(COC5CCCCO5)c(C)c4)cc3)cc2)c2ccc(COC3CCCCO3)c(C)c2)ccc1COC1CCCCO1. The van der Waals surface area contributed by atoms with E-state index in [0.29, 0.717) is 26.4 Å². The molecule has 0 spiro atoms. The Balaban J connectivity index is 0.879. The standard InChI is InChI=1S/C65H78N2O8/c1-46-37-58(29-21-52(46)42-72-62-13-5-9-33-68-62)66(59-30-22-53(47(2)38-59)43-73-63-14-6-10-34-69-63)56-25-17-50(18-26-56)41-51-19-27-57(28-20-51)67(60-31-23-54(48(3)39-60)44-74-64-15-7-11-35-70-64)61-32-24-55(49(4)40-61)45-75-65-16-8-12-36-71-65/h17-32,37-40,62-65H,5-16,33-36,41-45H2,1-4H3. The van der Waals surface area contributed by atoms with E-state index in [-0.39, 0.29) is 25.2 Å². The van der Waals surface area contributed by atoms with Crippen molar-refractivity contribution < 1.29 is 37.9 Å². The number of hydrogen-bond donors (Lipinski definition) is 0. The lowest BCUT2D eigenvalue weighted by molar-refractivity contribution is -0.169. The van der Waals surface area contributed by atoms with Crippen LogP contribution >= 0.6 is 0 Å². The third kappa shape index (κ3) is 14.2. The molecule has 4 heterocycles. The highest BCUT2D eigenvalue weighted by atomic mass is 16.7. The lowest BCUT2D eigenvalue weighted by atomic mass is 10.0. The van der Waals surface area contributed by atoms with E-state index in [0.717, 1.165) is 144 Å². The number of ether oxygens (including phenoxy) is 8. The van der Waals surface area contributed by atoms with Crippen LogP contribution in [0.1, 0.15) is 133 Å². The summed E-state index contributed by atoms with van der Waals surface area (Å²) in [7, 11) is 0. The van der Waals surface area contributed by atoms with Crippen molar-refractivity contribution in [2.75, 3.05) is 36.2 Å². The second kappa shape index (κ2) is 26.1. The van der Waals surface area contributed by atoms with Gasteiger partial charge in [-0.3, -0.25) is 0 Å². The smallest absolute Gasteiger partial charge is 0.158 e. The second-order valence-electron chi connectivity index (χ2n) is 21.1. The average Bonchev–Trinajstić information content (AvgIpc) is 3.44. The van der Waals surface area contributed by atoms with Crippen molar-refractivity contribution in [2.45, 2.75) is 163 Å². The molecule has 0 saturated carbocycles. The molecule has 10 nitrogen and oxygen atoms in total. The van der Waals surface area contributed by atoms with Crippen LogP contribution in [0.2, 0.25) is 0 Å². The van der Waals surface area contributed by atoms with Gasteiger partial charge in [0.25, 0.3) is 0 Å². The van der Waals surface area contributed by atoms with Crippen LogP contribution in [-0.2, 0) is 70.7 Å². The van der Waals surface area contributed by atoms with E-state index >= 15 is 0 Å². The Bertz CT molecular complexity index is 2420. The van der Waals surface area contributed by atoms with Crippen molar-refractivity contribution >= 4 is 34.1 Å². The van der Waals surface area contributed by atoms with Gasteiger partial charge in [0.15, 0.2) is 25.2 Å². The first-order chi connectivity index (χ1) is 36.8. The first-order valence-electron chi connectivity index (χ1n) is 27.9. The first kappa shape index (κ1) is 53.0. The van der Waals surface area contributed by atoms with E-state index in [4.69, 9.17) is 37.9 Å². The van der Waals surface area contributed by atoms with Crippen LogP contribution in [0, 0.1) is 27.7 Å². The highest BCUT2D eigenvalue weighted by molar-refractivity contribution is 5.79. The summed E-state index contributed by atoms with van der Waals surface area (Å²) in [5, 5.41) is 0. The Labute approximate surface area is 446 Å². The van der Waals surface area contributed by atoms with E-state index in [1.165, 1.54) is 55.6 Å². The van der Waals surface area contributed by atoms with Gasteiger partial charge in [0.1, 0.15) is 0 Å². The maximum Gasteiger partial charge on any atom is 0.158 e. The zero-order chi connectivity index (χ0) is 51.3. The molecule has 10 rings (SSSR count). The molecule has 0 bridgehead atoms. The predicted octanol–water partition coefficient (Wildman–Crippen LogP) is 15.6. The molecular formula is C65H78N2O8. The first-order valence-corrected chi connectivity index (χ1v) is 27.9. The number of anilines is 6. The molecule has 4 fully saturated rings. The van der Waals surface area contributed by atoms with Crippen LogP contribution in [0.4, 0.5) is 34.1 Å². The average molecular weight is 1020 g/mol. The second-order valence-corrected chi connectivity index (χ2v) is 21.1. The van der Waals surface area contributed by atoms with E-state index in [1.807, 2.05) is 0 Å². The molecule has 6 aromatic rings. The van der Waals surface area contributed by atoms with Crippen LogP contribution in [0.25, 0.3) is 0 Å². The van der Waals surface area contributed by atoms with Crippen molar-refractivity contribution in [3.05, 3.63) is 177 Å². The molecule has 4 saturated heterocycles. The van der Waals surface area contributed by atoms with Gasteiger partial charge in [0.2, 0.25) is 0 Å². The molecule has 4 aliphatic rings. The summed E-state index contributed by atoms with van der Waals surface area (Å²) in [6.45, 7) is 13.9. The van der Waals surface area contributed by atoms with Crippen molar-refractivity contribution in [3.8, 4) is 0 Å². The van der Waals surface area contributed by atoms with Gasteiger partial charge >= 0.3 is 0 Å². The minimum absolute atomic E-state index is 0.128. The number of rotatable bonds is 20. The molecule has 0 N–H and O–H groups in total. The number of nitrogens with zero attached hydrogens (tertiary/aromatic N) is 2. The largest absolute Gasteiger partial charge is 0.353 e. The summed E-state index contributed by atoms with van der Waals surface area (Å²) in [6.07, 6.45) is 13.1. The minimum atomic E-state index is -0.128. The van der Waals surface area contributed by atoms with Crippen LogP contribution in [0.3, 0.4) is 0 Å². The van der Waals surface area contributed by atoms with Crippen molar-refractivity contribution in [1.82, 2.24) is 0 Å². The highest BCUT2D eigenvalue weighted by Crippen LogP contribution is 2.39. The zero-order valence-electron chi connectivity index (χ0n) is 44.9. The normalized spacial score (nSPS) is 20.2. The maximum atomic E-state index is 6.23. The molecule has 6 aromatic carbocycles. The lowest BCUT2D eigenvalue weighted by Gasteiger charge is -2.28. The number of aryl methyl sites for hydroxylation is 4. The van der Waals surface area contributed by atoms with Crippen LogP contribution in [-0.4, -0.2) is 51.6 Å². The number of benzene rings is 6. The summed E-state index contributed by atoms with van der Waals surface area (Å²) in [5.41, 5.74) is 18.5. The third-order valence-corrected chi connectivity index (χ3v) is 15.4. The van der Waals surface area contributed by atoms with Gasteiger partial charge in [0.05, 0.1) is 26.4 Å². The summed E-state index contributed by atoms with van der Waals surface area (Å²) < 4.78 is 48.4. The molecule has 10 heteroatoms. The Hall–Kier alpha value is -5.40. The molecule has 4 unspecified atom stereocenters. The fourth-order valence-electron chi connectivity index (χ4n) is 10.7. The molecular weight excluding hydrogens is 937 g/mol. The van der Waals surface area contributed by atoms with Crippen molar-refractivity contribution in [2.24, 2.45) is 0 Å². The summed E-state index contributed by atoms with van der Waals surface area (Å²) in [6, 6.07) is 44.9. The van der Waals surface area contributed by atoms with E-state index in [9.17, 15) is 0 Å². The topological polar surface area (TPSA) is 80.3 Å². The van der Waals surface area contributed by atoms with Gasteiger partial charge in [-0.05, 0) is 240 Å². The molecule has 0 amide bonds. The Kier molecular flexibility index (Phi) is 18.4. The maximum absolute atomic E-state index is 6.23. The van der Waals surface area contributed by atoms with E-state index in [1.54, 1.807) is 0 Å². The zero-order valence-corrected chi connectivity index (χ0v) is 44.9. The predicted molar refractivity (Wildman–Crippen MR) is 298 cm³/mol. The minimum Gasteiger partial charge on any atom is -0.353 e. The van der Waals surface area contributed by atoms with Crippen molar-refractivity contribution in [1.29, 1.82) is 0 Å². The van der Waals surface area contributed by atoms with Crippen LogP contribution in [0.15, 0.2) is 121 Å². The summed E-state index contributed by atoms with van der Waals surface area (Å²) >= 11 is 0. The molecule has 4 atom stereocenters. The Morgan fingerprint density at radius 1 is 0.333 bits per heavy atom. The van der Waals surface area contributed by atoms with Gasteiger partial charge in [0, 0.05) is 60.6 Å². The Morgan fingerprint density at radius 3 is 0.813 bits per heavy atom.